The fourth-order valence-corrected chi connectivity index (χ4v) is 2.63. The standard InChI is InChI=1S/C13H10ClF3N4O3/c14-10-7(6-1-5(6)4-24-13(15,16)17)2-9(20-21-10)8-3-18-12(23)19-11(8)22/h2-3,5-6H,1,4H2,(H2,18,19,22,23)/t5-,6+/m1/s1. The quantitative estimate of drug-likeness (QED) is 0.864. The first-order valence-electron chi connectivity index (χ1n) is 6.81. The number of nitrogens with zero attached hydrogens (tertiary/aromatic N) is 2. The van der Waals surface area contributed by atoms with E-state index in [4.69, 9.17) is 11.6 Å². The van der Waals surface area contributed by atoms with Crippen molar-refractivity contribution in [2.75, 3.05) is 6.61 Å². The molecule has 2 aromatic rings. The molecule has 11 heteroatoms. The number of nitrogens with one attached hydrogen (secondary N) is 2. The van der Waals surface area contributed by atoms with Crippen LogP contribution < -0.4 is 11.2 Å². The van der Waals surface area contributed by atoms with Gasteiger partial charge >= 0.3 is 12.1 Å². The van der Waals surface area contributed by atoms with E-state index >= 15 is 0 Å². The molecule has 0 saturated heterocycles. The third kappa shape index (κ3) is 3.65. The summed E-state index contributed by atoms with van der Waals surface area (Å²) < 4.78 is 40.0. The second-order valence-corrected chi connectivity index (χ2v) is 5.68. The minimum atomic E-state index is -4.68. The van der Waals surface area contributed by atoms with Gasteiger partial charge in [-0.15, -0.1) is 23.4 Å². The molecule has 0 amide bonds. The monoisotopic (exact) mass is 362 g/mol. The van der Waals surface area contributed by atoms with Crippen molar-refractivity contribution >= 4 is 11.6 Å². The summed E-state index contributed by atoms with van der Waals surface area (Å²) in [6.45, 7) is -0.471. The Labute approximate surface area is 136 Å². The highest BCUT2D eigenvalue weighted by atomic mass is 35.5. The molecule has 1 aliphatic rings. The molecule has 1 saturated carbocycles. The highest BCUT2D eigenvalue weighted by Crippen LogP contribution is 2.50. The molecular formula is C13H10ClF3N4O3. The van der Waals surface area contributed by atoms with E-state index in [2.05, 4.69) is 19.9 Å². The van der Waals surface area contributed by atoms with Crippen LogP contribution in [0.4, 0.5) is 13.2 Å². The molecule has 0 aromatic carbocycles. The molecule has 2 aromatic heterocycles. The van der Waals surface area contributed by atoms with Crippen LogP contribution in [0.1, 0.15) is 17.9 Å². The summed E-state index contributed by atoms with van der Waals surface area (Å²) in [4.78, 5) is 27.2. The largest absolute Gasteiger partial charge is 0.522 e. The third-order valence-electron chi connectivity index (χ3n) is 3.65. The molecule has 1 aliphatic carbocycles. The molecule has 0 aliphatic heterocycles. The molecule has 0 bridgehead atoms. The van der Waals surface area contributed by atoms with Crippen molar-refractivity contribution < 1.29 is 17.9 Å². The zero-order valence-electron chi connectivity index (χ0n) is 11.9. The van der Waals surface area contributed by atoms with Crippen LogP contribution in [0.2, 0.25) is 5.15 Å². The fraction of sp³-hybridized carbons (Fsp3) is 0.385. The van der Waals surface area contributed by atoms with Gasteiger partial charge in [0.25, 0.3) is 5.56 Å². The molecule has 2 atom stereocenters. The van der Waals surface area contributed by atoms with Crippen LogP contribution >= 0.6 is 11.6 Å². The molecule has 7 nitrogen and oxygen atoms in total. The second-order valence-electron chi connectivity index (χ2n) is 5.32. The average molecular weight is 363 g/mol. The molecular weight excluding hydrogens is 353 g/mol. The van der Waals surface area contributed by atoms with Gasteiger partial charge in [-0.1, -0.05) is 11.6 Å². The van der Waals surface area contributed by atoms with Crippen LogP contribution in [0, 0.1) is 5.92 Å². The molecule has 2 N–H and O–H groups in total. The van der Waals surface area contributed by atoms with Gasteiger partial charge in [0.05, 0.1) is 12.2 Å². The van der Waals surface area contributed by atoms with Crippen molar-refractivity contribution in [1.82, 2.24) is 20.2 Å². The van der Waals surface area contributed by atoms with E-state index < -0.39 is 24.2 Å². The lowest BCUT2D eigenvalue weighted by Gasteiger charge is -2.08. The summed E-state index contributed by atoms with van der Waals surface area (Å²) in [6.07, 6.45) is -3.04. The van der Waals surface area contributed by atoms with Gasteiger partial charge in [0.1, 0.15) is 5.69 Å². The lowest BCUT2D eigenvalue weighted by atomic mass is 10.1. The van der Waals surface area contributed by atoms with Crippen LogP contribution in [-0.2, 0) is 4.74 Å². The van der Waals surface area contributed by atoms with E-state index in [0.29, 0.717) is 12.0 Å². The van der Waals surface area contributed by atoms with Gasteiger partial charge in [-0.3, -0.25) is 14.5 Å². The first kappa shape index (κ1) is 16.7. The minimum Gasteiger partial charge on any atom is -0.313 e. The van der Waals surface area contributed by atoms with Gasteiger partial charge in [0.15, 0.2) is 5.15 Å². The first-order chi connectivity index (χ1) is 11.2. The average Bonchev–Trinajstić information content (AvgIpc) is 3.25. The molecule has 2 heterocycles. The number of ether oxygens (including phenoxy) is 1. The van der Waals surface area contributed by atoms with E-state index in [0.717, 1.165) is 0 Å². The van der Waals surface area contributed by atoms with Crippen LogP contribution in [0.25, 0.3) is 11.3 Å². The third-order valence-corrected chi connectivity index (χ3v) is 3.95. The van der Waals surface area contributed by atoms with E-state index in [1.807, 2.05) is 4.98 Å². The summed E-state index contributed by atoms with van der Waals surface area (Å²) in [5.74, 6) is -0.592. The van der Waals surface area contributed by atoms with Crippen molar-refractivity contribution in [3.05, 3.63) is 43.8 Å². The van der Waals surface area contributed by atoms with Crippen LogP contribution in [-0.4, -0.2) is 33.1 Å². The topological polar surface area (TPSA) is 101 Å². The SMILES string of the molecule is O=c1[nH]cc(-c2cc([C@H]3C[C@@H]3COC(F)(F)F)c(Cl)nn2)c(=O)[nH]1. The molecule has 3 rings (SSSR count). The Morgan fingerprint density at radius 3 is 2.75 bits per heavy atom. The van der Waals surface area contributed by atoms with Crippen molar-refractivity contribution in [2.45, 2.75) is 18.7 Å². The highest BCUT2D eigenvalue weighted by Gasteiger charge is 2.43. The van der Waals surface area contributed by atoms with Crippen LogP contribution in [0.5, 0.6) is 0 Å². The number of aromatic amines is 2. The zero-order valence-corrected chi connectivity index (χ0v) is 12.6. The molecule has 128 valence electrons. The van der Waals surface area contributed by atoms with E-state index in [1.165, 1.54) is 12.3 Å². The maximum absolute atomic E-state index is 12.1. The summed E-state index contributed by atoms with van der Waals surface area (Å²) in [5.41, 5.74) is -0.604. The van der Waals surface area contributed by atoms with Crippen molar-refractivity contribution in [3.63, 3.8) is 0 Å². The normalized spacial score (nSPS) is 20.2. The second kappa shape index (κ2) is 6.02. The number of hydrogen-bond acceptors (Lipinski definition) is 5. The molecule has 0 unspecified atom stereocenters. The Hall–Kier alpha value is -2.20. The molecule has 0 radical (unpaired) electrons. The summed E-state index contributed by atoms with van der Waals surface area (Å²) >= 11 is 5.96. The highest BCUT2D eigenvalue weighted by molar-refractivity contribution is 6.30. The van der Waals surface area contributed by atoms with Gasteiger partial charge in [-0.2, -0.15) is 0 Å². The minimum absolute atomic E-state index is 0.0547. The van der Waals surface area contributed by atoms with Gasteiger partial charge in [-0.25, -0.2) is 4.79 Å². The Kier molecular flexibility index (Phi) is 4.18. The molecule has 24 heavy (non-hydrogen) atoms. The van der Waals surface area contributed by atoms with E-state index in [9.17, 15) is 22.8 Å². The predicted octanol–water partition coefficient (Wildman–Crippen LogP) is 1.81. The maximum atomic E-state index is 12.1. The van der Waals surface area contributed by atoms with E-state index in [1.54, 1.807) is 0 Å². The number of rotatable bonds is 4. The van der Waals surface area contributed by atoms with Gasteiger partial charge in [-0.05, 0) is 29.9 Å². The Morgan fingerprint density at radius 1 is 1.33 bits per heavy atom. The molecule has 0 spiro atoms. The van der Waals surface area contributed by atoms with Gasteiger partial charge < -0.3 is 4.98 Å². The smallest absolute Gasteiger partial charge is 0.313 e. The predicted molar refractivity (Wildman–Crippen MR) is 76.6 cm³/mol. The van der Waals surface area contributed by atoms with E-state index in [-0.39, 0.29) is 28.2 Å². The lowest BCUT2D eigenvalue weighted by Crippen LogP contribution is -2.23. The molecule has 1 fully saturated rings. The summed E-state index contributed by atoms with van der Waals surface area (Å²) in [6, 6.07) is 1.48. The van der Waals surface area contributed by atoms with Crippen LogP contribution in [0.3, 0.4) is 0 Å². The maximum Gasteiger partial charge on any atom is 0.522 e. The van der Waals surface area contributed by atoms with Gasteiger partial charge in [0, 0.05) is 6.20 Å². The first-order valence-corrected chi connectivity index (χ1v) is 7.18. The Bertz CT molecular complexity index is 880. The number of halogens is 4. The number of alkyl halides is 3. The summed E-state index contributed by atoms with van der Waals surface area (Å²) in [5, 5.41) is 7.57. The zero-order chi connectivity index (χ0) is 17.5. The van der Waals surface area contributed by atoms with Crippen molar-refractivity contribution in [3.8, 4) is 11.3 Å². The van der Waals surface area contributed by atoms with Crippen LogP contribution in [0.15, 0.2) is 21.9 Å². The number of aromatic nitrogens is 4. The summed E-state index contributed by atoms with van der Waals surface area (Å²) in [7, 11) is 0. The number of H-pyrrole nitrogens is 2. The Morgan fingerprint density at radius 2 is 2.08 bits per heavy atom. The van der Waals surface area contributed by atoms with Gasteiger partial charge in [0.2, 0.25) is 0 Å². The van der Waals surface area contributed by atoms with Crippen molar-refractivity contribution in [2.24, 2.45) is 5.92 Å². The Balaban J connectivity index is 1.83. The fourth-order valence-electron chi connectivity index (χ4n) is 2.40. The van der Waals surface area contributed by atoms with Crippen molar-refractivity contribution in [1.29, 1.82) is 0 Å². The number of hydrogen-bond donors (Lipinski definition) is 2. The lowest BCUT2D eigenvalue weighted by molar-refractivity contribution is -0.326.